The minimum atomic E-state index is -0.960. The van der Waals surface area contributed by atoms with E-state index in [1.165, 1.54) is 71.6 Å². The van der Waals surface area contributed by atoms with E-state index in [1.807, 2.05) is 0 Å². The van der Waals surface area contributed by atoms with E-state index in [0.29, 0.717) is 6.42 Å². The molecule has 0 heterocycles. The molecule has 1 atom stereocenters. The highest BCUT2D eigenvalue weighted by Crippen LogP contribution is 2.10. The molecule has 0 radical (unpaired) electrons. The summed E-state index contributed by atoms with van der Waals surface area (Å²) >= 11 is 0. The fourth-order valence-corrected chi connectivity index (χ4v) is 2.65. The van der Waals surface area contributed by atoms with E-state index in [2.05, 4.69) is 19.1 Å². The average molecular weight is 443 g/mol. The molecule has 0 aliphatic carbocycles. The molecule has 0 fully saturated rings. The van der Waals surface area contributed by atoms with Crippen LogP contribution in [0.4, 0.5) is 0 Å². The number of allylic oxidation sites excluding steroid dienone is 2. The summed E-state index contributed by atoms with van der Waals surface area (Å²) in [6, 6.07) is 0. The van der Waals surface area contributed by atoms with E-state index in [0.717, 1.165) is 25.7 Å². The number of Topliss-reactive ketones (excluding diaryl/α,β-unsaturated/α-hetero) is 2. The fourth-order valence-electron chi connectivity index (χ4n) is 2.65. The van der Waals surface area contributed by atoms with Crippen LogP contribution >= 0.6 is 0 Å². The van der Waals surface area contributed by atoms with Gasteiger partial charge in [0.1, 0.15) is 12.7 Å². The third kappa shape index (κ3) is 28.5. The molecule has 31 heavy (non-hydrogen) atoms. The lowest BCUT2D eigenvalue weighted by atomic mass is 10.1. The molecule has 182 valence electrons. The van der Waals surface area contributed by atoms with Crippen LogP contribution in [0.2, 0.25) is 0 Å². The van der Waals surface area contributed by atoms with Crippen molar-refractivity contribution in [2.75, 3.05) is 13.2 Å². The Morgan fingerprint density at radius 2 is 1.23 bits per heavy atom. The molecule has 0 spiro atoms. The van der Waals surface area contributed by atoms with Gasteiger partial charge >= 0.3 is 5.97 Å². The largest absolute Gasteiger partial charge is 0.463 e. The van der Waals surface area contributed by atoms with Crippen molar-refractivity contribution in [1.29, 1.82) is 0 Å². The molecule has 0 saturated carbocycles. The average Bonchev–Trinajstić information content (AvgIpc) is 2.75. The minimum Gasteiger partial charge on any atom is -0.463 e. The van der Waals surface area contributed by atoms with Crippen LogP contribution in [0.25, 0.3) is 0 Å². The highest BCUT2D eigenvalue weighted by atomic mass is 16.5. The molecule has 6 heteroatoms. The first-order valence-electron chi connectivity index (χ1n) is 12.0. The number of hydrogen-bond donors (Lipinski definition) is 2. The maximum atomic E-state index is 11.4. The number of hydrogen-bond acceptors (Lipinski definition) is 6. The summed E-state index contributed by atoms with van der Waals surface area (Å²) in [5, 5.41) is 17.7. The summed E-state index contributed by atoms with van der Waals surface area (Å²) in [5.74, 6) is -1.05. The normalized spacial score (nSPS) is 11.6. The van der Waals surface area contributed by atoms with Crippen molar-refractivity contribution < 1.29 is 29.3 Å². The Labute approximate surface area is 189 Å². The second-order valence-electron chi connectivity index (χ2n) is 7.97. The van der Waals surface area contributed by atoms with Gasteiger partial charge in [0.2, 0.25) is 0 Å². The van der Waals surface area contributed by atoms with Crippen LogP contribution in [-0.2, 0) is 19.1 Å². The van der Waals surface area contributed by atoms with Gasteiger partial charge in [0.05, 0.1) is 6.61 Å². The first-order valence-corrected chi connectivity index (χ1v) is 12.0. The van der Waals surface area contributed by atoms with E-state index in [1.54, 1.807) is 0 Å². The van der Waals surface area contributed by atoms with Gasteiger partial charge in [-0.25, -0.2) is 0 Å². The van der Waals surface area contributed by atoms with Crippen molar-refractivity contribution in [3.05, 3.63) is 12.2 Å². The zero-order valence-electron chi connectivity index (χ0n) is 20.1. The van der Waals surface area contributed by atoms with Crippen molar-refractivity contribution in [3.8, 4) is 0 Å². The number of carbonyl (C=O) groups is 3. The molecular weight excluding hydrogens is 396 g/mol. The fraction of sp³-hybridized carbons (Fsp3) is 0.800. The van der Waals surface area contributed by atoms with Crippen LogP contribution in [0.5, 0.6) is 0 Å². The van der Waals surface area contributed by atoms with Crippen molar-refractivity contribution >= 4 is 17.5 Å². The van der Waals surface area contributed by atoms with Gasteiger partial charge < -0.3 is 14.9 Å². The Balaban J connectivity index is 0. The first-order chi connectivity index (χ1) is 14.8. The minimum absolute atomic E-state index is 0.111. The number of carbonyl (C=O) groups excluding carboxylic acids is 3. The number of ketones is 2. The Morgan fingerprint density at radius 3 is 1.68 bits per heavy atom. The maximum Gasteiger partial charge on any atom is 0.305 e. The SMILES string of the molecule is CC(=O)C(C)=O.CCCCCCCC/C=C\CCCCCCCC(=O)OCC(O)CO. The lowest BCUT2D eigenvalue weighted by Gasteiger charge is -2.08. The molecule has 6 nitrogen and oxygen atoms in total. The van der Waals surface area contributed by atoms with Crippen LogP contribution in [0.15, 0.2) is 12.2 Å². The van der Waals surface area contributed by atoms with Crippen LogP contribution < -0.4 is 0 Å². The van der Waals surface area contributed by atoms with Crippen LogP contribution in [0.3, 0.4) is 0 Å². The topological polar surface area (TPSA) is 101 Å². The number of ether oxygens (including phenoxy) is 1. The van der Waals surface area contributed by atoms with Crippen molar-refractivity contribution in [1.82, 2.24) is 0 Å². The lowest BCUT2D eigenvalue weighted by molar-refractivity contribution is -0.147. The third-order valence-electron chi connectivity index (χ3n) is 4.79. The van der Waals surface area contributed by atoms with Gasteiger partial charge in [-0.15, -0.1) is 0 Å². The quantitative estimate of drug-likeness (QED) is 0.125. The van der Waals surface area contributed by atoms with Gasteiger partial charge in [-0.3, -0.25) is 14.4 Å². The second-order valence-corrected chi connectivity index (χ2v) is 7.97. The molecule has 0 bridgehead atoms. The first kappa shape index (κ1) is 31.7. The summed E-state index contributed by atoms with van der Waals surface area (Å²) in [4.78, 5) is 31.0. The molecule has 0 aliphatic heterocycles. The van der Waals surface area contributed by atoms with Crippen molar-refractivity contribution in [3.63, 3.8) is 0 Å². The van der Waals surface area contributed by atoms with Gasteiger partial charge in [-0.1, -0.05) is 70.4 Å². The highest BCUT2D eigenvalue weighted by molar-refractivity contribution is 6.35. The Morgan fingerprint density at radius 1 is 0.774 bits per heavy atom. The Hall–Kier alpha value is -1.53. The van der Waals surface area contributed by atoms with E-state index < -0.39 is 6.10 Å². The Kier molecular flexibility index (Phi) is 25.3. The third-order valence-corrected chi connectivity index (χ3v) is 4.79. The summed E-state index contributed by atoms with van der Waals surface area (Å²) in [6.07, 6.45) is 20.1. The van der Waals surface area contributed by atoms with Crippen molar-refractivity contribution in [2.45, 2.75) is 117 Å². The maximum absolute atomic E-state index is 11.4. The smallest absolute Gasteiger partial charge is 0.305 e. The molecule has 2 N–H and O–H groups in total. The molecular formula is C25H46O6. The monoisotopic (exact) mass is 442 g/mol. The van der Waals surface area contributed by atoms with Gasteiger partial charge in [-0.2, -0.15) is 0 Å². The molecule has 0 aromatic carbocycles. The van der Waals surface area contributed by atoms with Gasteiger partial charge in [0.25, 0.3) is 0 Å². The number of rotatable bonds is 19. The number of unbranched alkanes of at least 4 members (excludes halogenated alkanes) is 11. The zero-order chi connectivity index (χ0) is 23.7. The molecule has 0 aromatic rings. The molecule has 0 saturated heterocycles. The van der Waals surface area contributed by atoms with E-state index in [9.17, 15) is 14.4 Å². The van der Waals surface area contributed by atoms with Gasteiger partial charge in [-0.05, 0) is 32.1 Å². The molecule has 1 unspecified atom stereocenters. The van der Waals surface area contributed by atoms with Crippen LogP contribution in [0, 0.1) is 0 Å². The van der Waals surface area contributed by atoms with E-state index in [-0.39, 0.29) is 30.7 Å². The van der Waals surface area contributed by atoms with Crippen LogP contribution in [-0.4, -0.2) is 47.1 Å². The summed E-state index contributed by atoms with van der Waals surface area (Å²) in [5.41, 5.74) is 0. The molecule has 0 aromatic heterocycles. The molecule has 0 amide bonds. The molecule has 0 rings (SSSR count). The van der Waals surface area contributed by atoms with E-state index >= 15 is 0 Å². The predicted molar refractivity (Wildman–Crippen MR) is 125 cm³/mol. The predicted octanol–water partition coefficient (Wildman–Crippen LogP) is 5.08. The Bertz CT molecular complexity index is 461. The lowest BCUT2D eigenvalue weighted by Crippen LogP contribution is -2.21. The highest BCUT2D eigenvalue weighted by Gasteiger charge is 2.07. The van der Waals surface area contributed by atoms with E-state index in [4.69, 9.17) is 14.9 Å². The second kappa shape index (κ2) is 24.7. The standard InChI is InChI=1S/C21H40O4.C4H6O2/c1-2-3-4-5-6-7-8-9-10-11-12-13-14-15-16-17-21(24)25-19-20(23)18-22;1-3(5)4(2)6/h9-10,20,22-23H,2-8,11-19H2,1H3;1-2H3/b10-9-;. The van der Waals surface area contributed by atoms with Gasteiger partial charge in [0.15, 0.2) is 11.6 Å². The number of aliphatic hydroxyl groups is 2. The number of esters is 1. The molecule has 0 aliphatic rings. The summed E-state index contributed by atoms with van der Waals surface area (Å²) in [6.45, 7) is 4.27. The van der Waals surface area contributed by atoms with Crippen LogP contribution in [0.1, 0.15) is 111 Å². The summed E-state index contributed by atoms with van der Waals surface area (Å²) in [7, 11) is 0. The van der Waals surface area contributed by atoms with Gasteiger partial charge in [0, 0.05) is 20.3 Å². The summed E-state index contributed by atoms with van der Waals surface area (Å²) < 4.78 is 4.86. The zero-order valence-corrected chi connectivity index (χ0v) is 20.1. The van der Waals surface area contributed by atoms with Crippen molar-refractivity contribution in [2.24, 2.45) is 0 Å². The number of aliphatic hydroxyl groups excluding tert-OH is 2.